The Hall–Kier alpha value is -1.51. The first-order valence-electron chi connectivity index (χ1n) is 5.77. The van der Waals surface area contributed by atoms with E-state index >= 15 is 0 Å². The Morgan fingerprint density at radius 3 is 2.35 bits per heavy atom. The van der Waals surface area contributed by atoms with Gasteiger partial charge in [-0.25, -0.2) is 0 Å². The quantitative estimate of drug-likeness (QED) is 0.848. The molecule has 0 fully saturated rings. The van der Waals surface area contributed by atoms with Crippen LogP contribution in [0.3, 0.4) is 0 Å². The van der Waals surface area contributed by atoms with Crippen molar-refractivity contribution < 1.29 is 15.0 Å². The van der Waals surface area contributed by atoms with E-state index < -0.39 is 5.97 Å². The zero-order valence-corrected chi connectivity index (χ0v) is 10.9. The van der Waals surface area contributed by atoms with Crippen molar-refractivity contribution in [1.82, 2.24) is 0 Å². The molecule has 0 amide bonds. The number of phenols is 1. The molecule has 2 N–H and O–H groups in total. The molecule has 0 heterocycles. The molecule has 3 nitrogen and oxygen atoms in total. The van der Waals surface area contributed by atoms with Crippen LogP contribution in [0, 0.1) is 6.92 Å². The van der Waals surface area contributed by atoms with Gasteiger partial charge in [-0.3, -0.25) is 4.79 Å². The molecule has 0 saturated carbocycles. The van der Waals surface area contributed by atoms with Crippen molar-refractivity contribution in [2.75, 3.05) is 0 Å². The number of benzene rings is 1. The minimum absolute atomic E-state index is 0.0889. The van der Waals surface area contributed by atoms with E-state index in [0.717, 1.165) is 16.7 Å². The van der Waals surface area contributed by atoms with Gasteiger partial charge in [-0.15, -0.1) is 0 Å². The summed E-state index contributed by atoms with van der Waals surface area (Å²) in [7, 11) is 0. The predicted octanol–water partition coefficient (Wildman–Crippen LogP) is 3.02. The molecule has 0 aromatic heterocycles. The van der Waals surface area contributed by atoms with Gasteiger partial charge >= 0.3 is 5.97 Å². The lowest BCUT2D eigenvalue weighted by Gasteiger charge is -2.25. The molecule has 0 spiro atoms. The standard InChI is InChI=1S/C14H20O3/c1-9-5-6-10(7-8-11(15)16)12(13(9)17)14(2,3)4/h5-6,17H,7-8H2,1-4H3,(H,15,16). The van der Waals surface area contributed by atoms with Crippen molar-refractivity contribution in [3.8, 4) is 5.75 Å². The van der Waals surface area contributed by atoms with Gasteiger partial charge in [0.05, 0.1) is 0 Å². The van der Waals surface area contributed by atoms with E-state index in [1.807, 2.05) is 39.8 Å². The molecule has 0 aliphatic heterocycles. The van der Waals surface area contributed by atoms with E-state index in [1.165, 1.54) is 0 Å². The summed E-state index contributed by atoms with van der Waals surface area (Å²) in [5.41, 5.74) is 2.42. The lowest BCUT2D eigenvalue weighted by molar-refractivity contribution is -0.136. The normalized spacial score (nSPS) is 11.5. The van der Waals surface area contributed by atoms with Gasteiger partial charge in [-0.05, 0) is 29.9 Å². The fourth-order valence-corrected chi connectivity index (χ4v) is 2.02. The number of carbonyl (C=O) groups is 1. The molecule has 0 unspecified atom stereocenters. The average Bonchev–Trinajstić information content (AvgIpc) is 2.17. The first kappa shape index (κ1) is 13.6. The van der Waals surface area contributed by atoms with Crippen LogP contribution in [0.5, 0.6) is 5.75 Å². The van der Waals surface area contributed by atoms with Crippen molar-refractivity contribution >= 4 is 5.97 Å². The SMILES string of the molecule is Cc1ccc(CCC(=O)O)c(C(C)(C)C)c1O. The Bertz CT molecular complexity index is 428. The Labute approximate surface area is 102 Å². The van der Waals surface area contributed by atoms with Crippen LogP contribution in [-0.4, -0.2) is 16.2 Å². The van der Waals surface area contributed by atoms with Crippen molar-refractivity contribution in [3.63, 3.8) is 0 Å². The molecular formula is C14H20O3. The van der Waals surface area contributed by atoms with Crippen molar-refractivity contribution in [2.24, 2.45) is 0 Å². The Kier molecular flexibility index (Phi) is 3.81. The second-order valence-electron chi connectivity index (χ2n) is 5.41. The minimum Gasteiger partial charge on any atom is -0.507 e. The van der Waals surface area contributed by atoms with Crippen molar-refractivity contribution in [3.05, 3.63) is 28.8 Å². The number of rotatable bonds is 3. The number of phenolic OH excluding ortho intramolecular Hbond substituents is 1. The molecular weight excluding hydrogens is 216 g/mol. The molecule has 1 aromatic rings. The first-order valence-corrected chi connectivity index (χ1v) is 5.77. The van der Waals surface area contributed by atoms with Gasteiger partial charge in [-0.2, -0.15) is 0 Å². The highest BCUT2D eigenvalue weighted by atomic mass is 16.4. The fourth-order valence-electron chi connectivity index (χ4n) is 2.02. The van der Waals surface area contributed by atoms with E-state index in [9.17, 15) is 9.90 Å². The summed E-state index contributed by atoms with van der Waals surface area (Å²) in [5, 5.41) is 18.9. The van der Waals surface area contributed by atoms with Gasteiger partial charge in [0.25, 0.3) is 0 Å². The monoisotopic (exact) mass is 236 g/mol. The van der Waals surface area contributed by atoms with Gasteiger partial charge in [0, 0.05) is 12.0 Å². The van der Waals surface area contributed by atoms with Crippen LogP contribution in [0.4, 0.5) is 0 Å². The highest BCUT2D eigenvalue weighted by molar-refractivity contribution is 5.67. The molecule has 0 bridgehead atoms. The summed E-state index contributed by atoms with van der Waals surface area (Å²) in [6.07, 6.45) is 0.543. The maximum absolute atomic E-state index is 10.6. The lowest BCUT2D eigenvalue weighted by atomic mass is 9.81. The summed E-state index contributed by atoms with van der Waals surface area (Å²) in [6.45, 7) is 7.91. The second kappa shape index (κ2) is 4.78. The van der Waals surface area contributed by atoms with E-state index in [2.05, 4.69) is 0 Å². The van der Waals surface area contributed by atoms with Gasteiger partial charge in [0.1, 0.15) is 5.75 Å². The lowest BCUT2D eigenvalue weighted by Crippen LogP contribution is -2.15. The molecule has 94 valence electrons. The van der Waals surface area contributed by atoms with Crippen LogP contribution < -0.4 is 0 Å². The van der Waals surface area contributed by atoms with Gasteiger partial charge in [0.2, 0.25) is 0 Å². The summed E-state index contributed by atoms with van der Waals surface area (Å²) in [6, 6.07) is 3.75. The molecule has 3 heteroatoms. The molecule has 1 aromatic carbocycles. The van der Waals surface area contributed by atoms with Gasteiger partial charge in [-0.1, -0.05) is 32.9 Å². The van der Waals surface area contributed by atoms with Crippen LogP contribution in [0.1, 0.15) is 43.9 Å². The molecule has 0 atom stereocenters. The van der Waals surface area contributed by atoms with Gasteiger partial charge < -0.3 is 10.2 Å². The molecule has 1 rings (SSSR count). The highest BCUT2D eigenvalue weighted by Gasteiger charge is 2.23. The summed E-state index contributed by atoms with van der Waals surface area (Å²) in [5.74, 6) is -0.523. The van der Waals surface area contributed by atoms with Crippen LogP contribution in [-0.2, 0) is 16.6 Å². The number of hydrogen-bond acceptors (Lipinski definition) is 2. The van der Waals surface area contributed by atoms with E-state index in [0.29, 0.717) is 12.2 Å². The van der Waals surface area contributed by atoms with E-state index in [-0.39, 0.29) is 11.8 Å². The van der Waals surface area contributed by atoms with Crippen LogP contribution in [0.2, 0.25) is 0 Å². The smallest absolute Gasteiger partial charge is 0.303 e. The zero-order chi connectivity index (χ0) is 13.2. The number of carboxylic acid groups (broad SMARTS) is 1. The summed E-state index contributed by atoms with van der Waals surface area (Å²) in [4.78, 5) is 10.6. The Balaban J connectivity index is 3.21. The summed E-state index contributed by atoms with van der Waals surface area (Å²) >= 11 is 0. The largest absolute Gasteiger partial charge is 0.507 e. The fraction of sp³-hybridized carbons (Fsp3) is 0.500. The molecule has 17 heavy (non-hydrogen) atoms. The molecule has 0 saturated heterocycles. The van der Waals surface area contributed by atoms with Crippen LogP contribution in [0.25, 0.3) is 0 Å². The third-order valence-corrected chi connectivity index (χ3v) is 2.82. The molecule has 0 aliphatic carbocycles. The van der Waals surface area contributed by atoms with Gasteiger partial charge in [0.15, 0.2) is 0 Å². The average molecular weight is 236 g/mol. The van der Waals surface area contributed by atoms with Crippen LogP contribution >= 0.6 is 0 Å². The number of aliphatic carboxylic acids is 1. The highest BCUT2D eigenvalue weighted by Crippen LogP contribution is 2.36. The zero-order valence-electron chi connectivity index (χ0n) is 10.9. The summed E-state index contributed by atoms with van der Waals surface area (Å²) < 4.78 is 0. The number of carboxylic acids is 1. The Morgan fingerprint density at radius 1 is 1.29 bits per heavy atom. The maximum Gasteiger partial charge on any atom is 0.303 e. The third-order valence-electron chi connectivity index (χ3n) is 2.82. The maximum atomic E-state index is 10.6. The second-order valence-corrected chi connectivity index (χ2v) is 5.41. The molecule has 0 aliphatic rings. The number of hydrogen-bond donors (Lipinski definition) is 2. The minimum atomic E-state index is -0.815. The van der Waals surface area contributed by atoms with Crippen LogP contribution in [0.15, 0.2) is 12.1 Å². The van der Waals surface area contributed by atoms with Crippen molar-refractivity contribution in [1.29, 1.82) is 0 Å². The first-order chi connectivity index (χ1) is 7.73. The number of aryl methyl sites for hydroxylation is 2. The third kappa shape index (κ3) is 3.22. The van der Waals surface area contributed by atoms with Crippen molar-refractivity contribution in [2.45, 2.75) is 46.0 Å². The van der Waals surface area contributed by atoms with E-state index in [4.69, 9.17) is 5.11 Å². The number of aromatic hydroxyl groups is 1. The topological polar surface area (TPSA) is 57.5 Å². The van der Waals surface area contributed by atoms with E-state index in [1.54, 1.807) is 0 Å². The predicted molar refractivity (Wildman–Crippen MR) is 67.5 cm³/mol. The molecule has 0 radical (unpaired) electrons. The Morgan fingerprint density at radius 2 is 1.88 bits per heavy atom.